The Balaban J connectivity index is 2.22. The van der Waals surface area contributed by atoms with Crippen LogP contribution >= 0.6 is 11.6 Å². The van der Waals surface area contributed by atoms with Gasteiger partial charge >= 0.3 is 0 Å². The van der Waals surface area contributed by atoms with Crippen molar-refractivity contribution in [1.29, 1.82) is 5.26 Å². The first-order valence-corrected chi connectivity index (χ1v) is 6.25. The van der Waals surface area contributed by atoms with Gasteiger partial charge in [-0.2, -0.15) is 5.26 Å². The second-order valence-electron chi connectivity index (χ2n) is 4.34. The van der Waals surface area contributed by atoms with E-state index in [0.717, 1.165) is 12.8 Å². The minimum Gasteiger partial charge on any atom is -0.397 e. The van der Waals surface area contributed by atoms with Gasteiger partial charge in [-0.3, -0.25) is 4.79 Å². The second-order valence-corrected chi connectivity index (χ2v) is 4.75. The number of benzene rings is 1. The topological polar surface area (TPSA) is 70.1 Å². The van der Waals surface area contributed by atoms with Crippen LogP contribution in [0.5, 0.6) is 0 Å². The van der Waals surface area contributed by atoms with Crippen molar-refractivity contribution >= 4 is 23.2 Å². The number of nitriles is 1. The SMILES string of the molecule is N#CCCN(C(=O)c1cccc(Cl)c1N)C1CC1. The summed E-state index contributed by atoms with van der Waals surface area (Å²) in [7, 11) is 0. The molecule has 0 bridgehead atoms. The van der Waals surface area contributed by atoms with Gasteiger partial charge in [-0.25, -0.2) is 0 Å². The highest BCUT2D eigenvalue weighted by Crippen LogP contribution is 2.31. The van der Waals surface area contributed by atoms with Crippen LogP contribution in [-0.2, 0) is 0 Å². The van der Waals surface area contributed by atoms with Crippen LogP contribution in [0.15, 0.2) is 18.2 Å². The predicted molar refractivity (Wildman–Crippen MR) is 70.2 cm³/mol. The molecule has 18 heavy (non-hydrogen) atoms. The quantitative estimate of drug-likeness (QED) is 0.848. The Morgan fingerprint density at radius 1 is 1.56 bits per heavy atom. The molecule has 94 valence electrons. The van der Waals surface area contributed by atoms with Crippen molar-refractivity contribution in [3.63, 3.8) is 0 Å². The zero-order chi connectivity index (χ0) is 13.1. The van der Waals surface area contributed by atoms with Crippen LogP contribution in [0.1, 0.15) is 29.6 Å². The van der Waals surface area contributed by atoms with Gasteiger partial charge in [0.15, 0.2) is 0 Å². The summed E-state index contributed by atoms with van der Waals surface area (Å²) in [5.74, 6) is -0.132. The van der Waals surface area contributed by atoms with E-state index < -0.39 is 0 Å². The summed E-state index contributed by atoms with van der Waals surface area (Å²) < 4.78 is 0. The average molecular weight is 264 g/mol. The van der Waals surface area contributed by atoms with Crippen molar-refractivity contribution in [1.82, 2.24) is 4.90 Å². The minimum atomic E-state index is -0.132. The van der Waals surface area contributed by atoms with Gasteiger partial charge in [-0.05, 0) is 25.0 Å². The number of hydrogen-bond donors (Lipinski definition) is 1. The Labute approximate surface area is 111 Å². The van der Waals surface area contributed by atoms with E-state index in [4.69, 9.17) is 22.6 Å². The van der Waals surface area contributed by atoms with E-state index >= 15 is 0 Å². The van der Waals surface area contributed by atoms with Gasteiger partial charge in [0, 0.05) is 12.6 Å². The molecule has 1 fully saturated rings. The van der Waals surface area contributed by atoms with E-state index in [9.17, 15) is 4.79 Å². The molecule has 1 saturated carbocycles. The minimum absolute atomic E-state index is 0.132. The molecule has 1 amide bonds. The largest absolute Gasteiger partial charge is 0.397 e. The molecular weight excluding hydrogens is 250 g/mol. The number of nitrogens with two attached hydrogens (primary N) is 1. The molecule has 0 heterocycles. The Morgan fingerprint density at radius 2 is 2.28 bits per heavy atom. The van der Waals surface area contributed by atoms with E-state index in [2.05, 4.69) is 6.07 Å². The number of rotatable bonds is 4. The van der Waals surface area contributed by atoms with Crippen molar-refractivity contribution in [3.05, 3.63) is 28.8 Å². The molecule has 0 aromatic heterocycles. The van der Waals surface area contributed by atoms with Crippen LogP contribution in [0.2, 0.25) is 5.02 Å². The molecule has 1 aliphatic rings. The summed E-state index contributed by atoms with van der Waals surface area (Å²) in [6.45, 7) is 0.450. The second kappa shape index (κ2) is 5.28. The molecule has 0 aliphatic heterocycles. The van der Waals surface area contributed by atoms with E-state index in [1.165, 1.54) is 0 Å². The third-order valence-corrected chi connectivity index (χ3v) is 3.33. The Bertz CT molecular complexity index is 505. The van der Waals surface area contributed by atoms with Crippen LogP contribution in [0.4, 0.5) is 5.69 Å². The fourth-order valence-electron chi connectivity index (χ4n) is 1.88. The van der Waals surface area contributed by atoms with Gasteiger partial charge in [0.1, 0.15) is 0 Å². The highest BCUT2D eigenvalue weighted by atomic mass is 35.5. The first-order chi connectivity index (χ1) is 8.65. The maximum absolute atomic E-state index is 12.4. The van der Waals surface area contributed by atoms with Gasteiger partial charge in [-0.1, -0.05) is 17.7 Å². The zero-order valence-electron chi connectivity index (χ0n) is 9.90. The molecule has 4 nitrogen and oxygen atoms in total. The van der Waals surface area contributed by atoms with E-state index in [0.29, 0.717) is 29.2 Å². The summed E-state index contributed by atoms with van der Waals surface area (Å²) >= 11 is 5.91. The van der Waals surface area contributed by atoms with Crippen LogP contribution < -0.4 is 5.73 Å². The molecular formula is C13H14ClN3O. The van der Waals surface area contributed by atoms with E-state index in [-0.39, 0.29) is 11.9 Å². The van der Waals surface area contributed by atoms with Gasteiger partial charge in [0.25, 0.3) is 5.91 Å². The standard InChI is InChI=1S/C13H14ClN3O/c14-11-4-1-3-10(12(11)16)13(18)17(8-2-7-15)9-5-6-9/h1,3-4,9H,2,5-6,8,16H2. The number of amides is 1. The highest BCUT2D eigenvalue weighted by molar-refractivity contribution is 6.33. The molecule has 0 atom stereocenters. The Hall–Kier alpha value is -1.73. The molecule has 0 spiro atoms. The molecule has 0 unspecified atom stereocenters. The predicted octanol–water partition coefficient (Wildman–Crippen LogP) is 2.44. The van der Waals surface area contributed by atoms with Crippen LogP contribution in [0, 0.1) is 11.3 Å². The lowest BCUT2D eigenvalue weighted by Gasteiger charge is -2.22. The van der Waals surface area contributed by atoms with E-state index in [1.54, 1.807) is 23.1 Å². The molecule has 0 radical (unpaired) electrons. The smallest absolute Gasteiger partial charge is 0.256 e. The maximum Gasteiger partial charge on any atom is 0.256 e. The van der Waals surface area contributed by atoms with Gasteiger partial charge in [0.05, 0.1) is 28.8 Å². The fraction of sp³-hybridized carbons (Fsp3) is 0.385. The molecule has 0 saturated heterocycles. The summed E-state index contributed by atoms with van der Waals surface area (Å²) in [6, 6.07) is 7.35. The fourth-order valence-corrected chi connectivity index (χ4v) is 2.06. The monoisotopic (exact) mass is 263 g/mol. The summed E-state index contributed by atoms with van der Waals surface area (Å²) in [5.41, 5.74) is 6.56. The van der Waals surface area contributed by atoms with Crippen molar-refractivity contribution in [2.45, 2.75) is 25.3 Å². The lowest BCUT2D eigenvalue weighted by Crippen LogP contribution is -2.34. The van der Waals surface area contributed by atoms with Crippen molar-refractivity contribution < 1.29 is 4.79 Å². The van der Waals surface area contributed by atoms with Crippen LogP contribution in [0.3, 0.4) is 0 Å². The number of carbonyl (C=O) groups excluding carboxylic acids is 1. The normalized spacial score (nSPS) is 14.0. The molecule has 2 rings (SSSR count). The lowest BCUT2D eigenvalue weighted by molar-refractivity contribution is 0.0748. The number of hydrogen-bond acceptors (Lipinski definition) is 3. The number of para-hydroxylation sites is 1. The summed E-state index contributed by atoms with van der Waals surface area (Å²) in [5, 5.41) is 9.02. The van der Waals surface area contributed by atoms with Gasteiger partial charge in [0.2, 0.25) is 0 Å². The first kappa shape index (κ1) is 12.7. The summed E-state index contributed by atoms with van der Waals surface area (Å²) in [6.07, 6.45) is 2.33. The van der Waals surface area contributed by atoms with Crippen LogP contribution in [0.25, 0.3) is 0 Å². The number of carbonyl (C=O) groups is 1. The molecule has 1 aromatic rings. The molecule has 5 heteroatoms. The zero-order valence-corrected chi connectivity index (χ0v) is 10.7. The number of nitrogen functional groups attached to an aromatic ring is 1. The van der Waals surface area contributed by atoms with Crippen molar-refractivity contribution in [3.8, 4) is 6.07 Å². The van der Waals surface area contributed by atoms with Crippen LogP contribution in [-0.4, -0.2) is 23.4 Å². The van der Waals surface area contributed by atoms with Crippen molar-refractivity contribution in [2.75, 3.05) is 12.3 Å². The maximum atomic E-state index is 12.4. The molecule has 2 N–H and O–H groups in total. The number of anilines is 1. The average Bonchev–Trinajstić information content (AvgIpc) is 3.17. The Morgan fingerprint density at radius 3 is 2.89 bits per heavy atom. The van der Waals surface area contributed by atoms with E-state index in [1.807, 2.05) is 0 Å². The third-order valence-electron chi connectivity index (χ3n) is 3.00. The Kier molecular flexibility index (Phi) is 3.73. The highest BCUT2D eigenvalue weighted by Gasteiger charge is 2.33. The number of nitrogens with zero attached hydrogens (tertiary/aromatic N) is 2. The third kappa shape index (κ3) is 2.57. The lowest BCUT2D eigenvalue weighted by atomic mass is 10.1. The molecule has 1 aliphatic carbocycles. The first-order valence-electron chi connectivity index (χ1n) is 5.87. The van der Waals surface area contributed by atoms with Gasteiger partial charge in [-0.15, -0.1) is 0 Å². The van der Waals surface area contributed by atoms with Gasteiger partial charge < -0.3 is 10.6 Å². The number of halogens is 1. The van der Waals surface area contributed by atoms with Crippen molar-refractivity contribution in [2.24, 2.45) is 0 Å². The molecule has 1 aromatic carbocycles. The summed E-state index contributed by atoms with van der Waals surface area (Å²) in [4.78, 5) is 14.1.